The molecule has 0 spiro atoms. The Hall–Kier alpha value is -3.67. The van der Waals surface area contributed by atoms with Crippen molar-refractivity contribution in [1.82, 2.24) is 19.9 Å². The van der Waals surface area contributed by atoms with Crippen molar-refractivity contribution in [1.29, 1.82) is 0 Å². The highest BCUT2D eigenvalue weighted by Crippen LogP contribution is 2.36. The number of ether oxygens (including phenoxy) is 1. The number of nitrogens with zero attached hydrogens (tertiary/aromatic N) is 4. The molecule has 3 aromatic heterocycles. The van der Waals surface area contributed by atoms with Gasteiger partial charge in [-0.15, -0.1) is 0 Å². The number of carbonyl (C=O) groups excluding carboxylic acids is 2. The topological polar surface area (TPSA) is 97.3 Å². The Morgan fingerprint density at radius 1 is 1.08 bits per heavy atom. The van der Waals surface area contributed by atoms with Crippen LogP contribution in [0.5, 0.6) is 5.75 Å². The second kappa shape index (κ2) is 10.8. The predicted octanol–water partition coefficient (Wildman–Crippen LogP) is 6.57. The minimum Gasteiger partial charge on any atom is -0.494 e. The molecule has 0 saturated carbocycles. The van der Waals surface area contributed by atoms with Crippen molar-refractivity contribution in [3.63, 3.8) is 0 Å². The summed E-state index contributed by atoms with van der Waals surface area (Å²) < 4.78 is 31.3. The van der Waals surface area contributed by atoms with E-state index in [1.165, 1.54) is 47.9 Å². The van der Waals surface area contributed by atoms with E-state index in [1.807, 2.05) is 0 Å². The fourth-order valence-corrected chi connectivity index (χ4v) is 5.58. The van der Waals surface area contributed by atoms with E-state index in [1.54, 1.807) is 19.1 Å². The molecule has 0 saturated heterocycles. The molecule has 13 heteroatoms. The summed E-state index contributed by atoms with van der Waals surface area (Å²) in [7, 11) is 1.50. The van der Waals surface area contributed by atoms with Gasteiger partial charge in [-0.3, -0.25) is 19.9 Å². The third-order valence-electron chi connectivity index (χ3n) is 6.07. The van der Waals surface area contributed by atoms with Gasteiger partial charge < -0.3 is 9.64 Å². The Morgan fingerprint density at radius 2 is 1.87 bits per heavy atom. The summed E-state index contributed by atoms with van der Waals surface area (Å²) >= 11 is 13.5. The van der Waals surface area contributed by atoms with E-state index in [0.717, 1.165) is 10.9 Å². The number of rotatable bonds is 6. The lowest BCUT2D eigenvalue weighted by Gasteiger charge is -2.17. The molecule has 0 aliphatic carbocycles. The van der Waals surface area contributed by atoms with Gasteiger partial charge in [-0.2, -0.15) is 0 Å². The van der Waals surface area contributed by atoms with Crippen LogP contribution in [-0.4, -0.2) is 38.8 Å². The molecule has 0 fully saturated rings. The number of pyridine rings is 2. The van der Waals surface area contributed by atoms with Crippen LogP contribution >= 0.6 is 34.5 Å². The van der Waals surface area contributed by atoms with Gasteiger partial charge in [-0.25, -0.2) is 18.7 Å². The van der Waals surface area contributed by atoms with Crippen molar-refractivity contribution in [2.45, 2.75) is 26.4 Å². The minimum atomic E-state index is -2.68. The number of aryl methyl sites for hydroxylation is 1. The minimum absolute atomic E-state index is 0.0383. The largest absolute Gasteiger partial charge is 0.494 e. The van der Waals surface area contributed by atoms with Gasteiger partial charge in [0, 0.05) is 28.6 Å². The summed E-state index contributed by atoms with van der Waals surface area (Å²) in [6.07, 6.45) is 0.270. The number of fused-ring (bicyclic) bond motifs is 1. The molecule has 200 valence electrons. The van der Waals surface area contributed by atoms with Gasteiger partial charge in [0.25, 0.3) is 18.2 Å². The maximum absolute atomic E-state index is 13.3. The lowest BCUT2D eigenvalue weighted by atomic mass is 10.0. The summed E-state index contributed by atoms with van der Waals surface area (Å²) in [6.45, 7) is 2.25. The molecule has 8 nitrogen and oxygen atoms in total. The zero-order valence-electron chi connectivity index (χ0n) is 20.5. The van der Waals surface area contributed by atoms with Crippen molar-refractivity contribution < 1.29 is 23.1 Å². The van der Waals surface area contributed by atoms with Crippen LogP contribution in [0.25, 0.3) is 11.1 Å². The van der Waals surface area contributed by atoms with E-state index in [0.29, 0.717) is 33.4 Å². The second-order valence-electron chi connectivity index (χ2n) is 8.62. The van der Waals surface area contributed by atoms with Crippen LogP contribution in [0.15, 0.2) is 42.7 Å². The first kappa shape index (κ1) is 26.9. The summed E-state index contributed by atoms with van der Waals surface area (Å²) in [5.41, 5.74) is 2.65. The first-order valence-electron chi connectivity index (χ1n) is 11.5. The molecule has 4 aromatic rings. The number of amides is 2. The number of aromatic nitrogens is 3. The number of hydrogen-bond acceptors (Lipinski definition) is 7. The quantitative estimate of drug-likeness (QED) is 0.255. The van der Waals surface area contributed by atoms with Crippen molar-refractivity contribution in [3.8, 4) is 16.9 Å². The lowest BCUT2D eigenvalue weighted by Crippen LogP contribution is -2.26. The number of alkyl halides is 2. The molecule has 0 atom stereocenters. The van der Waals surface area contributed by atoms with Gasteiger partial charge in [0.2, 0.25) is 0 Å². The third kappa shape index (κ3) is 5.42. The van der Waals surface area contributed by atoms with E-state index in [9.17, 15) is 18.4 Å². The van der Waals surface area contributed by atoms with Gasteiger partial charge in [0.05, 0.1) is 53.1 Å². The van der Waals surface area contributed by atoms with Gasteiger partial charge in [0.1, 0.15) is 10.9 Å². The molecule has 5 rings (SSSR count). The summed E-state index contributed by atoms with van der Waals surface area (Å²) in [5.74, 6) is -0.378. The van der Waals surface area contributed by atoms with Crippen LogP contribution in [-0.2, 0) is 13.1 Å². The number of anilines is 1. The maximum Gasteiger partial charge on any atom is 0.263 e. The van der Waals surface area contributed by atoms with Crippen molar-refractivity contribution >= 4 is 51.5 Å². The summed E-state index contributed by atoms with van der Waals surface area (Å²) in [4.78, 5) is 41.4. The monoisotopic (exact) mass is 589 g/mol. The Bertz CT molecular complexity index is 1590. The highest BCUT2D eigenvalue weighted by molar-refractivity contribution is 7.16. The van der Waals surface area contributed by atoms with Gasteiger partial charge in [-0.05, 0) is 31.2 Å². The molecular weight excluding hydrogens is 571 g/mol. The second-order valence-corrected chi connectivity index (χ2v) is 10.5. The predicted molar refractivity (Wildman–Crippen MR) is 144 cm³/mol. The van der Waals surface area contributed by atoms with Crippen LogP contribution in [0.4, 0.5) is 13.9 Å². The van der Waals surface area contributed by atoms with E-state index in [2.05, 4.69) is 20.3 Å². The van der Waals surface area contributed by atoms with Gasteiger partial charge in [0.15, 0.2) is 5.13 Å². The van der Waals surface area contributed by atoms with E-state index in [4.69, 9.17) is 27.9 Å². The highest BCUT2D eigenvalue weighted by Gasteiger charge is 2.30. The molecule has 1 aliphatic heterocycles. The molecule has 2 amide bonds. The number of nitrogens with one attached hydrogen (secondary N) is 1. The van der Waals surface area contributed by atoms with Gasteiger partial charge >= 0.3 is 0 Å². The first-order chi connectivity index (χ1) is 18.6. The molecule has 1 aliphatic rings. The number of thiazole rings is 1. The molecule has 0 unspecified atom stereocenters. The lowest BCUT2D eigenvalue weighted by molar-refractivity contribution is 0.0750. The average Bonchev–Trinajstić information content (AvgIpc) is 3.47. The fourth-order valence-electron chi connectivity index (χ4n) is 4.17. The number of hydrogen-bond donors (Lipinski definition) is 1. The average molecular weight is 590 g/mol. The summed E-state index contributed by atoms with van der Waals surface area (Å²) in [6, 6.07) is 6.96. The molecule has 0 radical (unpaired) electrons. The number of carbonyl (C=O) groups is 2. The third-order valence-corrected chi connectivity index (χ3v) is 7.58. The maximum atomic E-state index is 13.3. The van der Waals surface area contributed by atoms with E-state index < -0.39 is 18.2 Å². The Kier molecular flexibility index (Phi) is 7.48. The Labute approximate surface area is 235 Å². The van der Waals surface area contributed by atoms with Crippen LogP contribution in [0.1, 0.15) is 49.0 Å². The van der Waals surface area contributed by atoms with Crippen LogP contribution in [0.2, 0.25) is 10.2 Å². The van der Waals surface area contributed by atoms with Crippen molar-refractivity contribution in [3.05, 3.63) is 85.9 Å². The number of halogens is 4. The van der Waals surface area contributed by atoms with Gasteiger partial charge in [-0.1, -0.05) is 40.6 Å². The zero-order valence-corrected chi connectivity index (χ0v) is 22.8. The number of methoxy groups -OCH3 is 1. The van der Waals surface area contributed by atoms with E-state index >= 15 is 0 Å². The van der Waals surface area contributed by atoms with Crippen LogP contribution < -0.4 is 10.1 Å². The molecule has 1 aromatic carbocycles. The smallest absolute Gasteiger partial charge is 0.263 e. The summed E-state index contributed by atoms with van der Waals surface area (Å²) in [5, 5.41) is 3.38. The normalized spacial score (nSPS) is 12.5. The Balaban J connectivity index is 1.34. The van der Waals surface area contributed by atoms with Crippen molar-refractivity contribution in [2.24, 2.45) is 0 Å². The molecule has 1 N–H and O–H groups in total. The molecule has 0 bridgehead atoms. The fraction of sp³-hybridized carbons (Fsp3) is 0.192. The standard InChI is InChI=1S/C26H19Cl2F2N5O3S/c1-12-5-15(16-7-22(28)32-9-20(16)38-2)17(8-31-12)24(36)34-26-33-19-10-35(11-21(19)39-26)25(37)14-4-3-13(23(29)30)6-18(14)27/h3-9,23H,10-11H2,1-2H3,(H,33,34,36). The Morgan fingerprint density at radius 3 is 2.56 bits per heavy atom. The molecule has 39 heavy (non-hydrogen) atoms. The number of benzene rings is 1. The van der Waals surface area contributed by atoms with E-state index in [-0.39, 0.29) is 40.0 Å². The molecular formula is C26H19Cl2F2N5O3S. The van der Waals surface area contributed by atoms with Crippen molar-refractivity contribution in [2.75, 3.05) is 12.4 Å². The first-order valence-corrected chi connectivity index (χ1v) is 13.0. The van der Waals surface area contributed by atoms with Crippen LogP contribution in [0, 0.1) is 6.92 Å². The zero-order chi connectivity index (χ0) is 27.8. The highest BCUT2D eigenvalue weighted by atomic mass is 35.5. The SMILES string of the molecule is COc1cnc(Cl)cc1-c1cc(C)ncc1C(=O)Nc1nc2c(s1)CN(C(=O)c1ccc(C(F)F)cc1Cl)C2. The molecule has 4 heterocycles. The van der Waals surface area contributed by atoms with Crippen LogP contribution in [0.3, 0.4) is 0 Å².